The molecule has 1 atom stereocenters. The minimum absolute atomic E-state index is 0.0712. The fraction of sp³-hybridized carbons (Fsp3) is 0.396. The molecular weight excluding hydrogens is 937 g/mol. The maximum Gasteiger partial charge on any atom is 0.275 e. The van der Waals surface area contributed by atoms with E-state index in [0.717, 1.165) is 35.2 Å². The van der Waals surface area contributed by atoms with Crippen molar-refractivity contribution in [1.82, 2.24) is 39.7 Å². The summed E-state index contributed by atoms with van der Waals surface area (Å²) in [4.78, 5) is 73.6. The number of benzene rings is 3. The first-order valence-electron chi connectivity index (χ1n) is 24.4. The van der Waals surface area contributed by atoms with Gasteiger partial charge in [-0.15, -0.1) is 0 Å². The third-order valence-electron chi connectivity index (χ3n) is 12.5. The monoisotopic (exact) mass is 994 g/mol. The summed E-state index contributed by atoms with van der Waals surface area (Å²) in [5, 5.41) is 24.9. The lowest BCUT2D eigenvalue weighted by molar-refractivity contribution is -0.136. The highest BCUT2D eigenvalue weighted by Gasteiger charge is 2.30. The Bertz CT molecular complexity index is 3040. The molecular formula is C53H58N10O10. The second-order valence-electron chi connectivity index (χ2n) is 17.7. The van der Waals surface area contributed by atoms with Crippen molar-refractivity contribution in [2.24, 2.45) is 5.92 Å². The number of likely N-dealkylation sites (tertiary alicyclic amines) is 1. The molecule has 0 spiro atoms. The van der Waals surface area contributed by atoms with Crippen molar-refractivity contribution in [3.8, 4) is 34.5 Å². The Balaban J connectivity index is 0.631. The Labute approximate surface area is 421 Å². The third-order valence-corrected chi connectivity index (χ3v) is 12.5. The Morgan fingerprint density at radius 3 is 2.23 bits per heavy atom. The van der Waals surface area contributed by atoms with Gasteiger partial charge < -0.3 is 33.9 Å². The molecule has 5 heterocycles. The molecule has 20 nitrogen and oxygen atoms in total. The number of hydrogen-bond donors (Lipinski definition) is 2. The number of hydrogen-bond acceptors (Lipinski definition) is 16. The topological polar surface area (TPSA) is 244 Å². The molecule has 6 aromatic rings. The number of anilines is 1. The molecule has 0 radical (unpaired) electrons. The fourth-order valence-electron chi connectivity index (χ4n) is 8.55. The van der Waals surface area contributed by atoms with Gasteiger partial charge in [-0.25, -0.2) is 19.3 Å². The van der Waals surface area contributed by atoms with Crippen LogP contribution in [0.1, 0.15) is 55.0 Å². The van der Waals surface area contributed by atoms with Gasteiger partial charge in [-0.05, 0) is 80.1 Å². The molecule has 2 N–H and O–H groups in total. The fourth-order valence-corrected chi connectivity index (χ4v) is 8.55. The first-order chi connectivity index (χ1) is 35.6. The van der Waals surface area contributed by atoms with Gasteiger partial charge in [0.1, 0.15) is 6.04 Å². The van der Waals surface area contributed by atoms with Crippen molar-refractivity contribution in [3.63, 3.8) is 0 Å². The molecule has 2 aliphatic heterocycles. The summed E-state index contributed by atoms with van der Waals surface area (Å²) in [6.45, 7) is 7.60. The Kier molecular flexibility index (Phi) is 18.1. The number of ether oxygens (including phenoxy) is 5. The van der Waals surface area contributed by atoms with Crippen LogP contribution in [0.4, 0.5) is 5.69 Å². The summed E-state index contributed by atoms with van der Waals surface area (Å²) >= 11 is 0. The maximum absolute atomic E-state index is 13.2. The number of imide groups is 1. The Morgan fingerprint density at radius 1 is 0.781 bits per heavy atom. The molecule has 73 heavy (non-hydrogen) atoms. The smallest absolute Gasteiger partial charge is 0.275 e. The van der Waals surface area contributed by atoms with E-state index in [1.807, 2.05) is 41.3 Å². The van der Waals surface area contributed by atoms with Crippen LogP contribution in [0.3, 0.4) is 0 Å². The van der Waals surface area contributed by atoms with Crippen molar-refractivity contribution in [1.29, 1.82) is 5.26 Å². The van der Waals surface area contributed by atoms with Gasteiger partial charge in [0.05, 0.1) is 113 Å². The number of piperidine rings is 2. The summed E-state index contributed by atoms with van der Waals surface area (Å²) < 4.78 is 31.1. The van der Waals surface area contributed by atoms with Gasteiger partial charge in [-0.1, -0.05) is 30.3 Å². The molecule has 2 fully saturated rings. The summed E-state index contributed by atoms with van der Waals surface area (Å²) in [7, 11) is 0. The molecule has 3 aromatic carbocycles. The zero-order valence-electron chi connectivity index (χ0n) is 40.7. The largest absolute Gasteiger partial charge is 0.490 e. The van der Waals surface area contributed by atoms with Crippen LogP contribution in [0.5, 0.6) is 5.75 Å². The van der Waals surface area contributed by atoms with E-state index in [4.69, 9.17) is 23.7 Å². The molecule has 8 rings (SSSR count). The van der Waals surface area contributed by atoms with Gasteiger partial charge in [-0.3, -0.25) is 29.3 Å². The number of aryl methyl sites for hydroxylation is 1. The second kappa shape index (κ2) is 25.6. The zero-order valence-corrected chi connectivity index (χ0v) is 40.7. The molecule has 0 bridgehead atoms. The first kappa shape index (κ1) is 51.6. The van der Waals surface area contributed by atoms with Crippen LogP contribution in [0, 0.1) is 24.2 Å². The maximum atomic E-state index is 13.2. The molecule has 20 heteroatoms. The molecule has 0 saturated carbocycles. The van der Waals surface area contributed by atoms with E-state index >= 15 is 0 Å². The van der Waals surface area contributed by atoms with E-state index < -0.39 is 11.9 Å². The minimum atomic E-state index is -0.816. The molecule has 380 valence electrons. The van der Waals surface area contributed by atoms with Crippen molar-refractivity contribution in [2.45, 2.75) is 51.6 Å². The summed E-state index contributed by atoms with van der Waals surface area (Å²) in [6.07, 6.45) is 5.68. The Hall–Kier alpha value is -7.70. The van der Waals surface area contributed by atoms with E-state index in [0.29, 0.717) is 131 Å². The van der Waals surface area contributed by atoms with Gasteiger partial charge in [0.25, 0.3) is 17.0 Å². The SMILES string of the molecule is Cc1nn(C2CCC(=O)NC2=O)c(=O)c2ccc(NCCOCCOCCOCCOCCC(=O)N3CCC(COc4cnc(-c5cccc(Cn6nc(-c7cccc(C#N)c7)ccc6=O)c5)nc4)CC3)cc12. The van der Waals surface area contributed by atoms with E-state index in [1.54, 1.807) is 55.7 Å². The number of amides is 3. The predicted octanol–water partition coefficient (Wildman–Crippen LogP) is 4.47. The molecule has 3 aromatic heterocycles. The van der Waals surface area contributed by atoms with E-state index in [9.17, 15) is 29.2 Å². The average molecular weight is 995 g/mol. The summed E-state index contributed by atoms with van der Waals surface area (Å²) in [5.74, 6) is 0.592. The molecule has 0 aliphatic carbocycles. The number of nitriles is 1. The quantitative estimate of drug-likeness (QED) is 0.0628. The summed E-state index contributed by atoms with van der Waals surface area (Å²) in [5.41, 5.74) is 4.30. The number of rotatable bonds is 24. The number of carbonyl (C=O) groups is 3. The van der Waals surface area contributed by atoms with Crippen LogP contribution < -0.4 is 26.5 Å². The average Bonchev–Trinajstić information content (AvgIpc) is 3.41. The lowest BCUT2D eigenvalue weighted by Crippen LogP contribution is -2.45. The van der Waals surface area contributed by atoms with Crippen LogP contribution >= 0.6 is 0 Å². The molecule has 2 saturated heterocycles. The molecule has 2 aliphatic rings. The van der Waals surface area contributed by atoms with E-state index in [2.05, 4.69) is 36.9 Å². The van der Waals surface area contributed by atoms with Crippen molar-refractivity contribution in [3.05, 3.63) is 129 Å². The normalized spacial score (nSPS) is 15.0. The van der Waals surface area contributed by atoms with Gasteiger partial charge >= 0.3 is 0 Å². The highest BCUT2D eigenvalue weighted by atomic mass is 16.6. The first-order valence-corrected chi connectivity index (χ1v) is 24.4. The van der Waals surface area contributed by atoms with Gasteiger partial charge in [0.15, 0.2) is 11.6 Å². The van der Waals surface area contributed by atoms with Gasteiger partial charge in [0, 0.05) is 54.3 Å². The van der Waals surface area contributed by atoms with Crippen LogP contribution in [-0.4, -0.2) is 131 Å². The predicted molar refractivity (Wildman–Crippen MR) is 269 cm³/mol. The highest BCUT2D eigenvalue weighted by molar-refractivity contribution is 5.99. The minimum Gasteiger partial charge on any atom is -0.490 e. The number of nitrogens with zero attached hydrogens (tertiary/aromatic N) is 8. The van der Waals surface area contributed by atoms with Crippen LogP contribution in [-0.2, 0) is 39.9 Å². The van der Waals surface area contributed by atoms with Crippen molar-refractivity contribution >= 4 is 34.2 Å². The molecule has 1 unspecified atom stereocenters. The lowest BCUT2D eigenvalue weighted by atomic mass is 9.97. The number of nitrogens with one attached hydrogen (secondary N) is 2. The van der Waals surface area contributed by atoms with E-state index in [1.165, 1.54) is 15.4 Å². The second-order valence-corrected chi connectivity index (χ2v) is 17.7. The third kappa shape index (κ3) is 14.3. The van der Waals surface area contributed by atoms with Crippen molar-refractivity contribution < 1.29 is 38.1 Å². The number of carbonyl (C=O) groups excluding carboxylic acids is 3. The summed E-state index contributed by atoms with van der Waals surface area (Å²) in [6, 6.07) is 24.6. The highest BCUT2D eigenvalue weighted by Crippen LogP contribution is 2.24. The van der Waals surface area contributed by atoms with Crippen LogP contribution in [0.15, 0.2) is 101 Å². The van der Waals surface area contributed by atoms with Crippen LogP contribution in [0.2, 0.25) is 0 Å². The van der Waals surface area contributed by atoms with Crippen molar-refractivity contribution in [2.75, 3.05) is 84.4 Å². The Morgan fingerprint density at radius 2 is 1.49 bits per heavy atom. The zero-order chi connectivity index (χ0) is 50.9. The van der Waals surface area contributed by atoms with Gasteiger partial charge in [0.2, 0.25) is 11.8 Å². The standard InChI is InChI=1S/C53H58N10O10/c1-36-45-30-42(8-9-44(45)53(68)63(59-36)47-11-12-48(64)58-52(47)67)55-17-21-70-23-25-72-27-26-71-24-22-69-20-16-49(65)61-18-14-37(15-19-61)35-73-43-32-56-51(57-33-43)41-7-3-5-39(29-41)34-62-50(66)13-10-46(60-62)40-6-2-4-38(28-40)31-54/h2-10,13,28-30,32-33,37,47,55H,11-12,14-27,34-35H2,1H3,(H,58,64,67). The molecule has 3 amide bonds. The number of fused-ring (bicyclic) bond motifs is 1. The lowest BCUT2D eigenvalue weighted by Gasteiger charge is -2.32. The van der Waals surface area contributed by atoms with E-state index in [-0.39, 0.29) is 42.3 Å². The number of aromatic nitrogens is 6. The van der Waals surface area contributed by atoms with Crippen LogP contribution in [0.25, 0.3) is 33.4 Å². The van der Waals surface area contributed by atoms with Gasteiger partial charge in [-0.2, -0.15) is 15.5 Å².